The highest BCUT2D eigenvalue weighted by atomic mass is 127. The topological polar surface area (TPSA) is 49.8 Å². The van der Waals surface area contributed by atoms with Gasteiger partial charge in [0.1, 0.15) is 10.9 Å². The highest BCUT2D eigenvalue weighted by molar-refractivity contribution is 14.1. The molecular weight excluding hydrogens is 355 g/mol. The van der Waals surface area contributed by atoms with Gasteiger partial charge in [-0.2, -0.15) is 5.26 Å². The zero-order valence-corrected chi connectivity index (χ0v) is 13.2. The fourth-order valence-corrected chi connectivity index (χ4v) is 3.91. The normalized spacial score (nSPS) is 10.3. The minimum Gasteiger partial charge on any atom is -0.397 e. The molecule has 0 aliphatic rings. The third-order valence-electron chi connectivity index (χ3n) is 2.94. The second kappa shape index (κ2) is 5.29. The SMILES string of the molecule is CCc1c(-c2cccc(C)c2I)sc(C#N)c1N. The summed E-state index contributed by atoms with van der Waals surface area (Å²) in [6.07, 6.45) is 0.851. The number of aryl methyl sites for hydroxylation is 1. The molecule has 0 atom stereocenters. The maximum absolute atomic E-state index is 9.10. The van der Waals surface area contributed by atoms with Crippen molar-refractivity contribution in [2.45, 2.75) is 20.3 Å². The van der Waals surface area contributed by atoms with Gasteiger partial charge in [-0.05, 0) is 47.1 Å². The summed E-state index contributed by atoms with van der Waals surface area (Å²) in [5.74, 6) is 0. The summed E-state index contributed by atoms with van der Waals surface area (Å²) in [6.45, 7) is 4.17. The van der Waals surface area contributed by atoms with Crippen molar-refractivity contribution in [2.24, 2.45) is 0 Å². The molecule has 0 spiro atoms. The smallest absolute Gasteiger partial charge is 0.128 e. The molecule has 2 aromatic rings. The Bertz CT molecular complexity index is 638. The number of nitrogens with zero attached hydrogens (tertiary/aromatic N) is 1. The van der Waals surface area contributed by atoms with Crippen molar-refractivity contribution in [3.8, 4) is 16.5 Å². The average molecular weight is 368 g/mol. The van der Waals surface area contributed by atoms with Crippen LogP contribution in [-0.4, -0.2) is 0 Å². The first-order chi connectivity index (χ1) is 8.60. The van der Waals surface area contributed by atoms with Crippen molar-refractivity contribution in [3.63, 3.8) is 0 Å². The fourth-order valence-electron chi connectivity index (χ4n) is 1.95. The molecular formula is C14H13IN2S. The van der Waals surface area contributed by atoms with Crippen molar-refractivity contribution in [2.75, 3.05) is 5.73 Å². The molecule has 0 saturated carbocycles. The lowest BCUT2D eigenvalue weighted by molar-refractivity contribution is 1.16. The third kappa shape index (κ3) is 2.13. The highest BCUT2D eigenvalue weighted by Gasteiger charge is 2.17. The van der Waals surface area contributed by atoms with Gasteiger partial charge < -0.3 is 5.73 Å². The number of nitriles is 1. The molecule has 0 fully saturated rings. The van der Waals surface area contributed by atoms with Crippen LogP contribution in [-0.2, 0) is 6.42 Å². The molecule has 1 aromatic heterocycles. The van der Waals surface area contributed by atoms with Crippen LogP contribution in [0.25, 0.3) is 10.4 Å². The number of benzene rings is 1. The largest absolute Gasteiger partial charge is 0.397 e. The Hall–Kier alpha value is -1.06. The minimum atomic E-state index is 0.624. The molecule has 0 saturated heterocycles. The highest BCUT2D eigenvalue weighted by Crippen LogP contribution is 2.40. The first-order valence-corrected chi connectivity index (χ1v) is 7.56. The predicted octanol–water partition coefficient (Wildman–Crippen LogP) is 4.34. The Morgan fingerprint density at radius 2 is 2.17 bits per heavy atom. The molecule has 0 unspecified atom stereocenters. The maximum atomic E-state index is 9.10. The van der Waals surface area contributed by atoms with Crippen molar-refractivity contribution in [1.82, 2.24) is 0 Å². The van der Waals surface area contributed by atoms with E-state index in [0.717, 1.165) is 16.9 Å². The van der Waals surface area contributed by atoms with E-state index in [1.54, 1.807) is 0 Å². The van der Waals surface area contributed by atoms with Gasteiger partial charge in [-0.25, -0.2) is 0 Å². The lowest BCUT2D eigenvalue weighted by atomic mass is 10.0. The number of anilines is 1. The number of thiophene rings is 1. The molecule has 0 amide bonds. The van der Waals surface area contributed by atoms with Gasteiger partial charge in [-0.1, -0.05) is 25.1 Å². The van der Waals surface area contributed by atoms with E-state index in [1.165, 1.54) is 26.0 Å². The third-order valence-corrected chi connectivity index (χ3v) is 5.56. The van der Waals surface area contributed by atoms with Crippen molar-refractivity contribution in [3.05, 3.63) is 37.8 Å². The summed E-state index contributed by atoms with van der Waals surface area (Å²) in [7, 11) is 0. The summed E-state index contributed by atoms with van der Waals surface area (Å²) in [4.78, 5) is 1.76. The Morgan fingerprint density at radius 1 is 1.44 bits per heavy atom. The molecule has 2 N–H and O–H groups in total. The van der Waals surface area contributed by atoms with Crippen LogP contribution >= 0.6 is 33.9 Å². The molecule has 4 heteroatoms. The number of nitrogens with two attached hydrogens (primary N) is 1. The molecule has 1 heterocycles. The van der Waals surface area contributed by atoms with Gasteiger partial charge in [0.15, 0.2) is 0 Å². The average Bonchev–Trinajstić information content (AvgIpc) is 2.69. The monoisotopic (exact) mass is 368 g/mol. The molecule has 2 rings (SSSR count). The molecule has 0 bridgehead atoms. The molecule has 2 nitrogen and oxygen atoms in total. The first kappa shape index (κ1) is 13.4. The second-order valence-electron chi connectivity index (χ2n) is 4.05. The Labute approximate surface area is 125 Å². The summed E-state index contributed by atoms with van der Waals surface area (Å²) < 4.78 is 1.23. The molecule has 0 radical (unpaired) electrons. The lowest BCUT2D eigenvalue weighted by Gasteiger charge is -2.07. The molecule has 92 valence electrons. The zero-order valence-electron chi connectivity index (χ0n) is 10.2. The van der Waals surface area contributed by atoms with Crippen LogP contribution in [0.1, 0.15) is 22.9 Å². The zero-order chi connectivity index (χ0) is 13.3. The molecule has 1 aromatic carbocycles. The van der Waals surface area contributed by atoms with E-state index < -0.39 is 0 Å². The number of nitrogen functional groups attached to an aromatic ring is 1. The van der Waals surface area contributed by atoms with Gasteiger partial charge in [0.05, 0.1) is 5.69 Å². The summed E-state index contributed by atoms with van der Waals surface area (Å²) in [5, 5.41) is 9.10. The standard InChI is InChI=1S/C14H13IN2S/c1-3-9-13(17)11(7-16)18-14(9)10-6-4-5-8(2)12(10)15/h4-6H,3,17H2,1-2H3. The van der Waals surface area contributed by atoms with Gasteiger partial charge >= 0.3 is 0 Å². The van der Waals surface area contributed by atoms with E-state index in [2.05, 4.69) is 54.6 Å². The fraction of sp³-hybridized carbons (Fsp3) is 0.214. The van der Waals surface area contributed by atoms with Crippen LogP contribution < -0.4 is 5.73 Å². The number of halogens is 1. The van der Waals surface area contributed by atoms with Gasteiger partial charge in [-0.15, -0.1) is 11.3 Å². The van der Waals surface area contributed by atoms with Crippen molar-refractivity contribution in [1.29, 1.82) is 5.26 Å². The Balaban J connectivity index is 2.72. The minimum absolute atomic E-state index is 0.624. The Kier molecular flexibility index (Phi) is 3.93. The number of hydrogen-bond acceptors (Lipinski definition) is 3. The van der Waals surface area contributed by atoms with Gasteiger partial charge in [0, 0.05) is 14.0 Å². The van der Waals surface area contributed by atoms with Crippen molar-refractivity contribution >= 4 is 39.6 Å². The van der Waals surface area contributed by atoms with E-state index in [9.17, 15) is 0 Å². The van der Waals surface area contributed by atoms with E-state index in [0.29, 0.717) is 10.6 Å². The summed E-state index contributed by atoms with van der Waals surface area (Å²) in [6, 6.07) is 8.43. The molecule has 0 aliphatic heterocycles. The maximum Gasteiger partial charge on any atom is 0.128 e. The van der Waals surface area contributed by atoms with E-state index in [-0.39, 0.29) is 0 Å². The van der Waals surface area contributed by atoms with E-state index in [1.807, 2.05) is 6.07 Å². The second-order valence-corrected chi connectivity index (χ2v) is 6.15. The first-order valence-electron chi connectivity index (χ1n) is 5.66. The van der Waals surface area contributed by atoms with E-state index in [4.69, 9.17) is 11.0 Å². The van der Waals surface area contributed by atoms with Gasteiger partial charge in [0.25, 0.3) is 0 Å². The van der Waals surface area contributed by atoms with Gasteiger partial charge in [0.2, 0.25) is 0 Å². The van der Waals surface area contributed by atoms with E-state index >= 15 is 0 Å². The van der Waals surface area contributed by atoms with Crippen LogP contribution in [0.4, 0.5) is 5.69 Å². The quantitative estimate of drug-likeness (QED) is 0.802. The summed E-state index contributed by atoms with van der Waals surface area (Å²) in [5.41, 5.74) is 10.2. The van der Waals surface area contributed by atoms with Crippen molar-refractivity contribution < 1.29 is 0 Å². The van der Waals surface area contributed by atoms with Gasteiger partial charge in [-0.3, -0.25) is 0 Å². The van der Waals surface area contributed by atoms with Crippen LogP contribution in [0.3, 0.4) is 0 Å². The van der Waals surface area contributed by atoms with Crippen LogP contribution in [0.2, 0.25) is 0 Å². The van der Waals surface area contributed by atoms with Crippen LogP contribution in [0, 0.1) is 21.8 Å². The lowest BCUT2D eigenvalue weighted by Crippen LogP contribution is -1.93. The molecule has 18 heavy (non-hydrogen) atoms. The predicted molar refractivity (Wildman–Crippen MR) is 85.7 cm³/mol. The molecule has 0 aliphatic carbocycles. The number of rotatable bonds is 2. The Morgan fingerprint density at radius 3 is 2.78 bits per heavy atom. The van der Waals surface area contributed by atoms with Crippen LogP contribution in [0.15, 0.2) is 18.2 Å². The van der Waals surface area contributed by atoms with Crippen LogP contribution in [0.5, 0.6) is 0 Å². The summed E-state index contributed by atoms with van der Waals surface area (Å²) >= 11 is 3.85. The number of hydrogen-bond donors (Lipinski definition) is 1.